The minimum Gasteiger partial charge on any atom is -0.490 e. The van der Waals surface area contributed by atoms with Crippen LogP contribution < -0.4 is 14.8 Å². The Kier molecular flexibility index (Phi) is 7.10. The number of amides is 1. The van der Waals surface area contributed by atoms with E-state index < -0.39 is 0 Å². The van der Waals surface area contributed by atoms with Gasteiger partial charge in [0.05, 0.1) is 25.4 Å². The number of para-hydroxylation sites is 1. The van der Waals surface area contributed by atoms with Crippen LogP contribution in [0.5, 0.6) is 11.5 Å². The molecule has 0 spiro atoms. The van der Waals surface area contributed by atoms with E-state index in [0.29, 0.717) is 26.1 Å². The van der Waals surface area contributed by atoms with E-state index in [9.17, 15) is 4.79 Å². The fraction of sp³-hybridized carbons (Fsp3) is 0.480. The van der Waals surface area contributed by atoms with Gasteiger partial charge in [-0.15, -0.1) is 0 Å². The predicted octanol–water partition coefficient (Wildman–Crippen LogP) is 4.03. The van der Waals surface area contributed by atoms with Gasteiger partial charge in [-0.2, -0.15) is 0 Å². The third-order valence-electron chi connectivity index (χ3n) is 5.63. The smallest absolute Gasteiger partial charge is 0.224 e. The van der Waals surface area contributed by atoms with Crippen LogP contribution >= 0.6 is 0 Å². The Balaban J connectivity index is 1.34. The molecule has 1 fully saturated rings. The van der Waals surface area contributed by atoms with Gasteiger partial charge < -0.3 is 19.5 Å². The van der Waals surface area contributed by atoms with Crippen molar-refractivity contribution in [3.63, 3.8) is 0 Å². The summed E-state index contributed by atoms with van der Waals surface area (Å²) in [7, 11) is 0. The Labute approximate surface area is 184 Å². The minimum absolute atomic E-state index is 0.0169. The number of rotatable bonds is 6. The van der Waals surface area contributed by atoms with E-state index in [2.05, 4.69) is 30.1 Å². The SMILES string of the molecule is CC1CN(Cc2ccccc2NC(=O)CCc2ccc3c(c2)OCCCO3)CC(C)O1. The molecule has 1 N–H and O–H groups in total. The first-order chi connectivity index (χ1) is 15.1. The molecule has 31 heavy (non-hydrogen) atoms. The van der Waals surface area contributed by atoms with Crippen molar-refractivity contribution in [3.05, 3.63) is 53.6 Å². The molecule has 6 heteroatoms. The Hall–Kier alpha value is -2.57. The van der Waals surface area contributed by atoms with Gasteiger partial charge in [0.25, 0.3) is 0 Å². The molecule has 2 unspecified atom stereocenters. The van der Waals surface area contributed by atoms with Crippen molar-refractivity contribution in [1.82, 2.24) is 4.90 Å². The Morgan fingerprint density at radius 2 is 1.77 bits per heavy atom. The summed E-state index contributed by atoms with van der Waals surface area (Å²) in [4.78, 5) is 15.1. The maximum absolute atomic E-state index is 12.7. The lowest BCUT2D eigenvalue weighted by Crippen LogP contribution is -2.44. The lowest BCUT2D eigenvalue weighted by molar-refractivity contribution is -0.116. The first-order valence-corrected chi connectivity index (χ1v) is 11.2. The second-order valence-electron chi connectivity index (χ2n) is 8.49. The van der Waals surface area contributed by atoms with Crippen LogP contribution in [0.15, 0.2) is 42.5 Å². The second-order valence-corrected chi connectivity index (χ2v) is 8.49. The fourth-order valence-electron chi connectivity index (χ4n) is 4.27. The second kappa shape index (κ2) is 10.2. The van der Waals surface area contributed by atoms with E-state index >= 15 is 0 Å². The van der Waals surface area contributed by atoms with Gasteiger partial charge in [0.2, 0.25) is 5.91 Å². The van der Waals surface area contributed by atoms with Crippen LogP contribution in [0.3, 0.4) is 0 Å². The zero-order valence-corrected chi connectivity index (χ0v) is 18.4. The number of anilines is 1. The van der Waals surface area contributed by atoms with Crippen LogP contribution in [0.4, 0.5) is 5.69 Å². The summed E-state index contributed by atoms with van der Waals surface area (Å²) in [6.07, 6.45) is 2.40. The highest BCUT2D eigenvalue weighted by molar-refractivity contribution is 5.91. The molecule has 2 aromatic carbocycles. The number of nitrogens with zero attached hydrogens (tertiary/aromatic N) is 1. The molecule has 1 amide bonds. The van der Waals surface area contributed by atoms with Crippen molar-refractivity contribution in [3.8, 4) is 11.5 Å². The molecule has 1 saturated heterocycles. The van der Waals surface area contributed by atoms with Gasteiger partial charge in [-0.3, -0.25) is 9.69 Å². The maximum Gasteiger partial charge on any atom is 0.224 e. The normalized spacial score (nSPS) is 21.4. The number of ether oxygens (including phenoxy) is 3. The number of carbonyl (C=O) groups is 1. The van der Waals surface area contributed by atoms with Crippen molar-refractivity contribution in [2.45, 2.75) is 51.9 Å². The van der Waals surface area contributed by atoms with E-state index in [-0.39, 0.29) is 18.1 Å². The predicted molar refractivity (Wildman–Crippen MR) is 121 cm³/mol. The highest BCUT2D eigenvalue weighted by atomic mass is 16.5. The lowest BCUT2D eigenvalue weighted by atomic mass is 10.1. The van der Waals surface area contributed by atoms with Crippen LogP contribution in [0.2, 0.25) is 0 Å². The molecule has 2 atom stereocenters. The van der Waals surface area contributed by atoms with Gasteiger partial charge in [-0.05, 0) is 49.6 Å². The van der Waals surface area contributed by atoms with E-state index in [1.54, 1.807) is 0 Å². The standard InChI is InChI=1S/C25H32N2O4/c1-18-15-27(16-19(2)31-18)17-21-6-3-4-7-22(21)26-25(28)11-9-20-8-10-23-24(14-20)30-13-5-12-29-23/h3-4,6-8,10,14,18-19H,5,9,11-13,15-17H2,1-2H3,(H,26,28). The number of benzene rings is 2. The van der Waals surface area contributed by atoms with Crippen molar-refractivity contribution < 1.29 is 19.0 Å². The average Bonchev–Trinajstić information content (AvgIpc) is 2.98. The third-order valence-corrected chi connectivity index (χ3v) is 5.63. The van der Waals surface area contributed by atoms with Crippen LogP contribution in [0.25, 0.3) is 0 Å². The van der Waals surface area contributed by atoms with Gasteiger partial charge in [0.15, 0.2) is 11.5 Å². The molecule has 2 aliphatic rings. The molecule has 2 aromatic rings. The van der Waals surface area contributed by atoms with E-state index in [4.69, 9.17) is 14.2 Å². The topological polar surface area (TPSA) is 60.0 Å². The molecule has 0 bridgehead atoms. The van der Waals surface area contributed by atoms with Crippen molar-refractivity contribution >= 4 is 11.6 Å². The molecule has 166 valence electrons. The third kappa shape index (κ3) is 5.99. The van der Waals surface area contributed by atoms with Crippen molar-refractivity contribution in [2.24, 2.45) is 0 Å². The molecule has 4 rings (SSSR count). The number of hydrogen-bond donors (Lipinski definition) is 1. The molecule has 0 saturated carbocycles. The van der Waals surface area contributed by atoms with Gasteiger partial charge in [-0.1, -0.05) is 24.3 Å². The summed E-state index contributed by atoms with van der Waals surface area (Å²) in [5.41, 5.74) is 3.09. The molecule has 2 heterocycles. The molecular weight excluding hydrogens is 392 g/mol. The summed E-state index contributed by atoms with van der Waals surface area (Å²) >= 11 is 0. The molecule has 6 nitrogen and oxygen atoms in total. The van der Waals surface area contributed by atoms with Gasteiger partial charge in [-0.25, -0.2) is 0 Å². The minimum atomic E-state index is 0.0169. The van der Waals surface area contributed by atoms with E-state index in [1.807, 2.05) is 36.4 Å². The fourth-order valence-corrected chi connectivity index (χ4v) is 4.27. The molecule has 2 aliphatic heterocycles. The molecule has 0 aromatic heterocycles. The van der Waals surface area contributed by atoms with Gasteiger partial charge in [0, 0.05) is 38.2 Å². The number of morpholine rings is 1. The summed E-state index contributed by atoms with van der Waals surface area (Å²) in [6, 6.07) is 14.0. The summed E-state index contributed by atoms with van der Waals surface area (Å²) in [5, 5.41) is 3.11. The molecular formula is C25H32N2O4. The van der Waals surface area contributed by atoms with Crippen molar-refractivity contribution in [2.75, 3.05) is 31.6 Å². The monoisotopic (exact) mass is 424 g/mol. The zero-order valence-electron chi connectivity index (χ0n) is 18.4. The van der Waals surface area contributed by atoms with Crippen molar-refractivity contribution in [1.29, 1.82) is 0 Å². The number of nitrogens with one attached hydrogen (secondary N) is 1. The lowest BCUT2D eigenvalue weighted by Gasteiger charge is -2.35. The van der Waals surface area contributed by atoms with Crippen LogP contribution in [0, 0.1) is 0 Å². The summed E-state index contributed by atoms with van der Waals surface area (Å²) in [6.45, 7) is 8.15. The quantitative estimate of drug-likeness (QED) is 0.759. The maximum atomic E-state index is 12.7. The number of hydrogen-bond acceptors (Lipinski definition) is 5. The summed E-state index contributed by atoms with van der Waals surface area (Å²) < 4.78 is 17.3. The van der Waals surface area contributed by atoms with Gasteiger partial charge >= 0.3 is 0 Å². The van der Waals surface area contributed by atoms with Crippen LogP contribution in [-0.4, -0.2) is 49.3 Å². The average molecular weight is 425 g/mol. The molecule has 0 aliphatic carbocycles. The Morgan fingerprint density at radius 1 is 1.03 bits per heavy atom. The number of aryl methyl sites for hydroxylation is 1. The first kappa shape index (κ1) is 21.7. The van der Waals surface area contributed by atoms with Crippen LogP contribution in [-0.2, 0) is 22.5 Å². The summed E-state index contributed by atoms with van der Waals surface area (Å²) in [5.74, 6) is 1.57. The van der Waals surface area contributed by atoms with E-state index in [1.165, 1.54) is 0 Å². The Morgan fingerprint density at radius 3 is 2.58 bits per heavy atom. The zero-order chi connectivity index (χ0) is 21.6. The molecule has 0 radical (unpaired) electrons. The Bertz CT molecular complexity index is 891. The van der Waals surface area contributed by atoms with Crippen LogP contribution in [0.1, 0.15) is 37.8 Å². The highest BCUT2D eigenvalue weighted by Crippen LogP contribution is 2.31. The number of carbonyl (C=O) groups excluding carboxylic acids is 1. The first-order valence-electron chi connectivity index (χ1n) is 11.2. The van der Waals surface area contributed by atoms with E-state index in [0.717, 1.165) is 54.4 Å². The highest BCUT2D eigenvalue weighted by Gasteiger charge is 2.23. The number of fused-ring (bicyclic) bond motifs is 1. The van der Waals surface area contributed by atoms with Gasteiger partial charge in [0.1, 0.15) is 0 Å². The largest absolute Gasteiger partial charge is 0.490 e.